The summed E-state index contributed by atoms with van der Waals surface area (Å²) in [6.45, 7) is 7.01. The van der Waals surface area contributed by atoms with Crippen molar-refractivity contribution < 1.29 is 9.47 Å². The van der Waals surface area contributed by atoms with Crippen LogP contribution in [0.2, 0.25) is 0 Å². The van der Waals surface area contributed by atoms with Crippen LogP contribution in [0.15, 0.2) is 59.6 Å². The summed E-state index contributed by atoms with van der Waals surface area (Å²) in [5.74, 6) is 1.41. The SMILES string of the molecule is C=CCOc1c(Br)cc(CN[C@@H](C)c2ccccc2)cc1OC. The van der Waals surface area contributed by atoms with Gasteiger partial charge in [0, 0.05) is 12.6 Å². The van der Waals surface area contributed by atoms with Gasteiger partial charge in [0.05, 0.1) is 11.6 Å². The highest BCUT2D eigenvalue weighted by Crippen LogP contribution is 2.36. The van der Waals surface area contributed by atoms with Crippen LogP contribution in [-0.4, -0.2) is 13.7 Å². The van der Waals surface area contributed by atoms with E-state index in [2.05, 4.69) is 59.0 Å². The highest BCUT2D eigenvalue weighted by molar-refractivity contribution is 9.10. The van der Waals surface area contributed by atoms with Crippen molar-refractivity contribution in [2.45, 2.75) is 19.5 Å². The van der Waals surface area contributed by atoms with E-state index in [0.29, 0.717) is 18.1 Å². The minimum absolute atomic E-state index is 0.276. The molecule has 0 saturated carbocycles. The first-order valence-corrected chi connectivity index (χ1v) is 8.33. The van der Waals surface area contributed by atoms with Crippen molar-refractivity contribution in [2.24, 2.45) is 0 Å². The van der Waals surface area contributed by atoms with Crippen LogP contribution >= 0.6 is 15.9 Å². The Hall–Kier alpha value is -1.78. The van der Waals surface area contributed by atoms with Gasteiger partial charge in [0.15, 0.2) is 11.5 Å². The summed E-state index contributed by atoms with van der Waals surface area (Å²) < 4.78 is 12.0. The normalized spacial score (nSPS) is 11.8. The highest BCUT2D eigenvalue weighted by Gasteiger charge is 2.12. The fourth-order valence-corrected chi connectivity index (χ4v) is 2.89. The lowest BCUT2D eigenvalue weighted by Crippen LogP contribution is -2.18. The molecule has 0 heterocycles. The van der Waals surface area contributed by atoms with Gasteiger partial charge in [-0.1, -0.05) is 43.0 Å². The third-order valence-electron chi connectivity index (χ3n) is 3.55. The topological polar surface area (TPSA) is 30.5 Å². The summed E-state index contributed by atoms with van der Waals surface area (Å²) in [6.07, 6.45) is 1.71. The molecule has 0 saturated heterocycles. The van der Waals surface area contributed by atoms with Crippen molar-refractivity contribution in [3.05, 3.63) is 70.7 Å². The first-order chi connectivity index (χ1) is 11.2. The molecule has 0 bridgehead atoms. The number of ether oxygens (including phenoxy) is 2. The van der Waals surface area contributed by atoms with E-state index in [-0.39, 0.29) is 6.04 Å². The summed E-state index contributed by atoms with van der Waals surface area (Å²) in [6, 6.07) is 14.7. The van der Waals surface area contributed by atoms with Crippen molar-refractivity contribution in [2.75, 3.05) is 13.7 Å². The first kappa shape index (κ1) is 17.6. The Morgan fingerprint density at radius 2 is 2.00 bits per heavy atom. The van der Waals surface area contributed by atoms with Crippen molar-refractivity contribution >= 4 is 15.9 Å². The number of rotatable bonds is 8. The molecule has 0 aliphatic carbocycles. The molecular weight excluding hydrogens is 354 g/mol. The zero-order chi connectivity index (χ0) is 16.7. The maximum absolute atomic E-state index is 5.65. The molecular formula is C19H22BrNO2. The standard InChI is InChI=1S/C19H22BrNO2/c1-4-10-23-19-17(20)11-15(12-18(19)22-3)13-21-14(2)16-8-6-5-7-9-16/h4-9,11-12,14,21H,1,10,13H2,2-3H3/t14-/m0/s1. The van der Waals surface area contributed by atoms with Crippen LogP contribution in [0.5, 0.6) is 11.5 Å². The molecule has 1 atom stereocenters. The Morgan fingerprint density at radius 3 is 2.65 bits per heavy atom. The number of methoxy groups -OCH3 is 1. The molecule has 0 aliphatic rings. The Balaban J connectivity index is 2.08. The smallest absolute Gasteiger partial charge is 0.175 e. The van der Waals surface area contributed by atoms with E-state index in [1.165, 1.54) is 5.56 Å². The number of nitrogens with one attached hydrogen (secondary N) is 1. The average molecular weight is 376 g/mol. The summed E-state index contributed by atoms with van der Waals surface area (Å²) in [7, 11) is 1.65. The van der Waals surface area contributed by atoms with Crippen molar-refractivity contribution in [1.29, 1.82) is 0 Å². The monoisotopic (exact) mass is 375 g/mol. The van der Waals surface area contributed by atoms with Gasteiger partial charge in [-0.3, -0.25) is 0 Å². The van der Waals surface area contributed by atoms with Crippen LogP contribution in [0.4, 0.5) is 0 Å². The number of halogens is 1. The fraction of sp³-hybridized carbons (Fsp3) is 0.263. The van der Waals surface area contributed by atoms with E-state index in [9.17, 15) is 0 Å². The second-order valence-corrected chi connectivity index (χ2v) is 6.08. The quantitative estimate of drug-likeness (QED) is 0.667. The van der Waals surface area contributed by atoms with Gasteiger partial charge in [0.1, 0.15) is 6.61 Å². The van der Waals surface area contributed by atoms with Gasteiger partial charge in [0.2, 0.25) is 0 Å². The molecule has 2 rings (SSSR count). The van der Waals surface area contributed by atoms with Crippen LogP contribution < -0.4 is 14.8 Å². The average Bonchev–Trinajstić information content (AvgIpc) is 2.59. The van der Waals surface area contributed by atoms with Gasteiger partial charge in [-0.15, -0.1) is 0 Å². The molecule has 0 aliphatic heterocycles. The van der Waals surface area contributed by atoms with Crippen molar-refractivity contribution in [1.82, 2.24) is 5.32 Å². The predicted molar refractivity (Wildman–Crippen MR) is 98.1 cm³/mol. The predicted octanol–water partition coefficient (Wildman–Crippen LogP) is 4.87. The van der Waals surface area contributed by atoms with E-state index in [4.69, 9.17) is 9.47 Å². The van der Waals surface area contributed by atoms with Crippen LogP contribution in [0.25, 0.3) is 0 Å². The largest absolute Gasteiger partial charge is 0.493 e. The summed E-state index contributed by atoms with van der Waals surface area (Å²) in [5, 5.41) is 3.52. The Labute approximate surface area is 146 Å². The van der Waals surface area contributed by atoms with Gasteiger partial charge < -0.3 is 14.8 Å². The number of hydrogen-bond acceptors (Lipinski definition) is 3. The Kier molecular flexibility index (Phi) is 6.68. The van der Waals surface area contributed by atoms with Crippen molar-refractivity contribution in [3.63, 3.8) is 0 Å². The lowest BCUT2D eigenvalue weighted by atomic mass is 10.1. The highest BCUT2D eigenvalue weighted by atomic mass is 79.9. The molecule has 1 N–H and O–H groups in total. The fourth-order valence-electron chi connectivity index (χ4n) is 2.29. The summed E-state index contributed by atoms with van der Waals surface area (Å²) in [5.41, 5.74) is 2.40. The third-order valence-corrected chi connectivity index (χ3v) is 4.14. The second kappa shape index (κ2) is 8.75. The number of hydrogen-bond donors (Lipinski definition) is 1. The molecule has 122 valence electrons. The van der Waals surface area contributed by atoms with Crippen LogP contribution in [0.3, 0.4) is 0 Å². The van der Waals surface area contributed by atoms with Crippen molar-refractivity contribution in [3.8, 4) is 11.5 Å². The minimum atomic E-state index is 0.276. The third kappa shape index (κ3) is 4.85. The van der Waals surface area contributed by atoms with Gasteiger partial charge in [-0.25, -0.2) is 0 Å². The van der Waals surface area contributed by atoms with Gasteiger partial charge in [-0.2, -0.15) is 0 Å². The van der Waals surface area contributed by atoms with Crippen LogP contribution in [0.1, 0.15) is 24.1 Å². The molecule has 0 radical (unpaired) electrons. The van der Waals surface area contributed by atoms with Gasteiger partial charge in [-0.05, 0) is 46.1 Å². The molecule has 0 aromatic heterocycles. The first-order valence-electron chi connectivity index (χ1n) is 7.54. The molecule has 0 fully saturated rings. The molecule has 0 amide bonds. The minimum Gasteiger partial charge on any atom is -0.493 e. The number of benzene rings is 2. The molecule has 4 heteroatoms. The second-order valence-electron chi connectivity index (χ2n) is 5.22. The van der Waals surface area contributed by atoms with Crippen LogP contribution in [0, 0.1) is 0 Å². The molecule has 2 aromatic rings. The molecule has 2 aromatic carbocycles. The lowest BCUT2D eigenvalue weighted by molar-refractivity contribution is 0.324. The summed E-state index contributed by atoms with van der Waals surface area (Å²) >= 11 is 3.55. The summed E-state index contributed by atoms with van der Waals surface area (Å²) in [4.78, 5) is 0. The Morgan fingerprint density at radius 1 is 1.26 bits per heavy atom. The van der Waals surface area contributed by atoms with E-state index >= 15 is 0 Å². The molecule has 3 nitrogen and oxygen atoms in total. The maximum atomic E-state index is 5.65. The molecule has 0 spiro atoms. The van der Waals surface area contributed by atoms with Crippen LogP contribution in [-0.2, 0) is 6.54 Å². The molecule has 23 heavy (non-hydrogen) atoms. The Bertz CT molecular complexity index is 643. The van der Waals surface area contributed by atoms with E-state index in [0.717, 1.165) is 16.6 Å². The van der Waals surface area contributed by atoms with Gasteiger partial charge >= 0.3 is 0 Å². The van der Waals surface area contributed by atoms with E-state index in [1.807, 2.05) is 18.2 Å². The lowest BCUT2D eigenvalue weighted by Gasteiger charge is -2.17. The van der Waals surface area contributed by atoms with Gasteiger partial charge in [0.25, 0.3) is 0 Å². The molecule has 0 unspecified atom stereocenters. The van der Waals surface area contributed by atoms with E-state index in [1.54, 1.807) is 13.2 Å². The zero-order valence-electron chi connectivity index (χ0n) is 13.5. The zero-order valence-corrected chi connectivity index (χ0v) is 15.1. The van der Waals surface area contributed by atoms with E-state index < -0.39 is 0 Å². The maximum Gasteiger partial charge on any atom is 0.175 e.